The molecule has 0 spiro atoms. The van der Waals surface area contributed by atoms with Crippen LogP contribution in [0.15, 0.2) is 48.5 Å². The van der Waals surface area contributed by atoms with Crippen molar-refractivity contribution >= 4 is 21.6 Å². The molecule has 156 valence electrons. The number of ether oxygens (including phenoxy) is 1. The van der Waals surface area contributed by atoms with Crippen molar-refractivity contribution in [3.05, 3.63) is 59.7 Å². The standard InChI is InChI=1S/C22H28N2O4S/c1-15-11-12-20-18(13-15)19(14-22(3,4)28-20)23-21(25)16(2)24(29(5,26)27)17-9-7-6-8-10-17/h6-13,16,19H,14H2,1-5H3,(H,23,25). The molecular weight excluding hydrogens is 388 g/mol. The molecule has 6 nitrogen and oxygen atoms in total. The van der Waals surface area contributed by atoms with Crippen molar-refractivity contribution < 1.29 is 17.9 Å². The number of carbonyl (C=O) groups is 1. The largest absolute Gasteiger partial charge is 0.487 e. The lowest BCUT2D eigenvalue weighted by Crippen LogP contribution is -2.50. The highest BCUT2D eigenvalue weighted by molar-refractivity contribution is 7.92. The van der Waals surface area contributed by atoms with Gasteiger partial charge in [-0.1, -0.05) is 35.9 Å². The van der Waals surface area contributed by atoms with Crippen LogP contribution in [-0.4, -0.2) is 32.2 Å². The normalized spacial score (nSPS) is 18.9. The van der Waals surface area contributed by atoms with Gasteiger partial charge in [-0.2, -0.15) is 0 Å². The van der Waals surface area contributed by atoms with Crippen molar-refractivity contribution in [2.45, 2.75) is 51.8 Å². The van der Waals surface area contributed by atoms with E-state index in [0.29, 0.717) is 12.1 Å². The SMILES string of the molecule is Cc1ccc2c(c1)C(NC(=O)C(C)N(c1ccccc1)S(C)(=O)=O)CC(C)(C)O2. The lowest BCUT2D eigenvalue weighted by atomic mass is 9.89. The molecule has 0 aliphatic carbocycles. The summed E-state index contributed by atoms with van der Waals surface area (Å²) in [6.45, 7) is 7.55. The molecule has 0 saturated carbocycles. The van der Waals surface area contributed by atoms with Crippen LogP contribution in [0.5, 0.6) is 5.75 Å². The molecule has 1 N–H and O–H groups in total. The second-order valence-corrected chi connectivity index (χ2v) is 10.1. The van der Waals surface area contributed by atoms with Crippen LogP contribution < -0.4 is 14.4 Å². The quantitative estimate of drug-likeness (QED) is 0.809. The van der Waals surface area contributed by atoms with Crippen molar-refractivity contribution in [3.63, 3.8) is 0 Å². The molecule has 0 fully saturated rings. The molecule has 1 amide bonds. The zero-order chi connectivity index (χ0) is 21.4. The van der Waals surface area contributed by atoms with E-state index in [1.165, 1.54) is 0 Å². The summed E-state index contributed by atoms with van der Waals surface area (Å²) >= 11 is 0. The number of fused-ring (bicyclic) bond motifs is 1. The minimum Gasteiger partial charge on any atom is -0.487 e. The Morgan fingerprint density at radius 2 is 1.86 bits per heavy atom. The zero-order valence-electron chi connectivity index (χ0n) is 17.5. The van der Waals surface area contributed by atoms with Gasteiger partial charge in [-0.05, 0) is 45.9 Å². The van der Waals surface area contributed by atoms with Gasteiger partial charge in [0.15, 0.2) is 0 Å². The first-order valence-corrected chi connectivity index (χ1v) is 11.5. The van der Waals surface area contributed by atoms with Crippen LogP contribution in [0, 0.1) is 6.92 Å². The molecule has 0 saturated heterocycles. The third-order valence-corrected chi connectivity index (χ3v) is 6.28. The van der Waals surface area contributed by atoms with Crippen LogP contribution in [-0.2, 0) is 14.8 Å². The summed E-state index contributed by atoms with van der Waals surface area (Å²) < 4.78 is 32.1. The third kappa shape index (κ3) is 4.72. The predicted molar refractivity (Wildman–Crippen MR) is 115 cm³/mol. The Kier molecular flexibility index (Phi) is 5.63. The summed E-state index contributed by atoms with van der Waals surface area (Å²) in [5, 5.41) is 3.05. The molecular formula is C22H28N2O4S. The highest BCUT2D eigenvalue weighted by Gasteiger charge is 2.37. The van der Waals surface area contributed by atoms with Gasteiger partial charge >= 0.3 is 0 Å². The maximum absolute atomic E-state index is 13.1. The first-order chi connectivity index (χ1) is 13.5. The maximum atomic E-state index is 13.1. The summed E-state index contributed by atoms with van der Waals surface area (Å²) in [5.74, 6) is 0.391. The summed E-state index contributed by atoms with van der Waals surface area (Å²) in [6.07, 6.45) is 1.70. The third-order valence-electron chi connectivity index (χ3n) is 5.04. The van der Waals surface area contributed by atoms with Crippen LogP contribution in [0.25, 0.3) is 0 Å². The molecule has 2 aromatic rings. The number of hydrogen-bond acceptors (Lipinski definition) is 4. The average molecular weight is 417 g/mol. The molecule has 1 heterocycles. The van der Waals surface area contributed by atoms with E-state index in [1.807, 2.05) is 39.0 Å². The highest BCUT2D eigenvalue weighted by Crippen LogP contribution is 2.40. The number of hydrogen-bond donors (Lipinski definition) is 1. The molecule has 1 aliphatic heterocycles. The Bertz CT molecular complexity index is 1000. The van der Waals surface area contributed by atoms with E-state index in [1.54, 1.807) is 37.3 Å². The Labute approximate surface area is 172 Å². The van der Waals surface area contributed by atoms with Gasteiger partial charge in [0.1, 0.15) is 17.4 Å². The Morgan fingerprint density at radius 3 is 2.48 bits per heavy atom. The predicted octanol–water partition coefficient (Wildman–Crippen LogP) is 3.57. The Balaban J connectivity index is 1.90. The molecule has 7 heteroatoms. The minimum atomic E-state index is -3.65. The van der Waals surface area contributed by atoms with E-state index in [2.05, 4.69) is 5.32 Å². The van der Waals surface area contributed by atoms with Crippen molar-refractivity contribution in [1.82, 2.24) is 5.32 Å². The second kappa shape index (κ2) is 7.71. The van der Waals surface area contributed by atoms with Gasteiger partial charge in [0.25, 0.3) is 0 Å². The summed E-state index contributed by atoms with van der Waals surface area (Å²) in [7, 11) is -3.65. The van der Waals surface area contributed by atoms with Crippen LogP contribution in [0.3, 0.4) is 0 Å². The zero-order valence-corrected chi connectivity index (χ0v) is 18.3. The van der Waals surface area contributed by atoms with Crippen molar-refractivity contribution in [1.29, 1.82) is 0 Å². The summed E-state index contributed by atoms with van der Waals surface area (Å²) in [4.78, 5) is 13.1. The molecule has 0 aromatic heterocycles. The maximum Gasteiger partial charge on any atom is 0.244 e. The number of nitrogens with one attached hydrogen (secondary N) is 1. The van der Waals surface area contributed by atoms with Crippen LogP contribution in [0.2, 0.25) is 0 Å². The van der Waals surface area contributed by atoms with E-state index < -0.39 is 21.7 Å². The fraction of sp³-hybridized carbons (Fsp3) is 0.409. The molecule has 0 bridgehead atoms. The number of benzene rings is 2. The topological polar surface area (TPSA) is 75.7 Å². The fourth-order valence-electron chi connectivity index (χ4n) is 3.78. The van der Waals surface area contributed by atoms with Crippen molar-refractivity contribution in [2.24, 2.45) is 0 Å². The van der Waals surface area contributed by atoms with E-state index in [4.69, 9.17) is 4.74 Å². The number of para-hydroxylation sites is 1. The van der Waals surface area contributed by atoms with E-state index in [9.17, 15) is 13.2 Å². The number of sulfonamides is 1. The van der Waals surface area contributed by atoms with E-state index in [0.717, 1.165) is 27.4 Å². The van der Waals surface area contributed by atoms with E-state index in [-0.39, 0.29) is 11.9 Å². The van der Waals surface area contributed by atoms with Crippen LogP contribution >= 0.6 is 0 Å². The second-order valence-electron chi connectivity index (χ2n) is 8.24. The number of nitrogens with zero attached hydrogens (tertiary/aromatic N) is 1. The first-order valence-electron chi connectivity index (χ1n) is 9.62. The van der Waals surface area contributed by atoms with Gasteiger partial charge in [-0.3, -0.25) is 9.10 Å². The van der Waals surface area contributed by atoms with Gasteiger partial charge in [0.2, 0.25) is 15.9 Å². The summed E-state index contributed by atoms with van der Waals surface area (Å²) in [6, 6.07) is 13.4. The molecule has 3 rings (SSSR count). The number of anilines is 1. The van der Waals surface area contributed by atoms with E-state index >= 15 is 0 Å². The lowest BCUT2D eigenvalue weighted by molar-refractivity contribution is -0.123. The molecule has 0 radical (unpaired) electrons. The van der Waals surface area contributed by atoms with Crippen LogP contribution in [0.4, 0.5) is 5.69 Å². The number of rotatable bonds is 5. The van der Waals surface area contributed by atoms with Crippen molar-refractivity contribution in [3.8, 4) is 5.75 Å². The molecule has 1 aliphatic rings. The van der Waals surface area contributed by atoms with Crippen LogP contribution in [0.1, 0.15) is 44.4 Å². The van der Waals surface area contributed by atoms with Gasteiger partial charge in [0, 0.05) is 12.0 Å². The molecule has 2 unspecified atom stereocenters. The highest BCUT2D eigenvalue weighted by atomic mass is 32.2. The summed E-state index contributed by atoms with van der Waals surface area (Å²) in [5.41, 5.74) is 2.00. The molecule has 2 atom stereocenters. The van der Waals surface area contributed by atoms with Gasteiger partial charge in [-0.15, -0.1) is 0 Å². The monoisotopic (exact) mass is 416 g/mol. The minimum absolute atomic E-state index is 0.263. The first kappa shape index (κ1) is 21.2. The smallest absolute Gasteiger partial charge is 0.244 e. The van der Waals surface area contributed by atoms with Gasteiger partial charge in [-0.25, -0.2) is 8.42 Å². The lowest BCUT2D eigenvalue weighted by Gasteiger charge is -2.39. The van der Waals surface area contributed by atoms with Gasteiger partial charge < -0.3 is 10.1 Å². The van der Waals surface area contributed by atoms with Gasteiger partial charge in [0.05, 0.1) is 18.0 Å². The Hall–Kier alpha value is -2.54. The van der Waals surface area contributed by atoms with Crippen molar-refractivity contribution in [2.75, 3.05) is 10.6 Å². The number of aryl methyl sites for hydroxylation is 1. The number of carbonyl (C=O) groups excluding carboxylic acids is 1. The fourth-order valence-corrected chi connectivity index (χ4v) is 4.95. The Morgan fingerprint density at radius 1 is 1.21 bits per heavy atom. The number of amides is 1. The molecule has 2 aromatic carbocycles. The molecule has 29 heavy (non-hydrogen) atoms. The average Bonchev–Trinajstić information content (AvgIpc) is 2.61.